The van der Waals surface area contributed by atoms with Crippen LogP contribution < -0.4 is 21.5 Å². The van der Waals surface area contributed by atoms with Crippen molar-refractivity contribution in [1.82, 2.24) is 15.2 Å². The van der Waals surface area contributed by atoms with E-state index in [9.17, 15) is 33.6 Å². The summed E-state index contributed by atoms with van der Waals surface area (Å²) in [5.41, 5.74) is -0.893. The summed E-state index contributed by atoms with van der Waals surface area (Å²) in [6, 6.07) is 0.671. The minimum absolute atomic E-state index is 0.0223. The molecule has 0 aliphatic carbocycles. The van der Waals surface area contributed by atoms with Gasteiger partial charge in [-0.15, -0.1) is 0 Å². The fourth-order valence-corrected chi connectivity index (χ4v) is 3.53. The first-order valence-corrected chi connectivity index (χ1v) is 13.1. The van der Waals surface area contributed by atoms with E-state index in [2.05, 4.69) is 16.0 Å². The summed E-state index contributed by atoms with van der Waals surface area (Å²) < 4.78 is 10.6. The van der Waals surface area contributed by atoms with E-state index in [1.807, 2.05) is 6.92 Å². The Morgan fingerprint density at radius 2 is 1.78 bits per heavy atom. The van der Waals surface area contributed by atoms with Crippen LogP contribution in [0, 0.1) is 5.92 Å². The maximum atomic E-state index is 13.0. The van der Waals surface area contributed by atoms with Gasteiger partial charge in [0.15, 0.2) is 0 Å². The Bertz CT molecular complexity index is 1180. The molecule has 3 atom stereocenters. The maximum absolute atomic E-state index is 13.0. The summed E-state index contributed by atoms with van der Waals surface area (Å²) in [5, 5.41) is 16.3. The normalized spacial score (nSPS) is 13.0. The van der Waals surface area contributed by atoms with Gasteiger partial charge in [-0.25, -0.2) is 9.59 Å². The molecular formula is C27H38N4O10. The molecule has 0 saturated heterocycles. The molecule has 1 aromatic rings. The van der Waals surface area contributed by atoms with Crippen LogP contribution in [0.2, 0.25) is 0 Å². The largest absolute Gasteiger partial charge is 0.481 e. The average molecular weight is 579 g/mol. The van der Waals surface area contributed by atoms with Crippen molar-refractivity contribution in [3.8, 4) is 0 Å². The van der Waals surface area contributed by atoms with E-state index < -0.39 is 66.2 Å². The van der Waals surface area contributed by atoms with Gasteiger partial charge in [-0.2, -0.15) is 0 Å². The first-order chi connectivity index (χ1) is 19.4. The van der Waals surface area contributed by atoms with Gasteiger partial charge in [0.2, 0.25) is 17.7 Å². The third-order valence-electron chi connectivity index (χ3n) is 5.96. The summed E-state index contributed by atoms with van der Waals surface area (Å²) in [6.45, 7) is 5.01. The molecule has 0 aliphatic rings. The Balaban J connectivity index is 3.03. The smallest absolute Gasteiger partial charge is 0.330 e. The molecule has 226 valence electrons. The van der Waals surface area contributed by atoms with E-state index in [0.29, 0.717) is 6.42 Å². The van der Waals surface area contributed by atoms with E-state index in [4.69, 9.17) is 14.6 Å². The number of pyridine rings is 1. The number of aromatic nitrogens is 1. The molecule has 1 aromatic heterocycles. The summed E-state index contributed by atoms with van der Waals surface area (Å²) >= 11 is 0. The number of carboxylic acids is 1. The zero-order chi connectivity index (χ0) is 30.9. The SMILES string of the molecule is CCOC(=O)C=CCCC(NC(=O)CCC(=O)O)C(=O)Nc1cccn(CC(=O)NC(C(=O)OC)C(C)CC)c1=O. The average Bonchev–Trinajstić information content (AvgIpc) is 2.93. The van der Waals surface area contributed by atoms with Gasteiger partial charge < -0.3 is 35.1 Å². The third-order valence-corrected chi connectivity index (χ3v) is 5.96. The first kappa shape index (κ1) is 34.5. The number of carbonyl (C=O) groups excluding carboxylic acids is 5. The summed E-state index contributed by atoms with van der Waals surface area (Å²) in [7, 11) is 1.21. The predicted octanol–water partition coefficient (Wildman–Crippen LogP) is 0.740. The van der Waals surface area contributed by atoms with Crippen LogP contribution in [-0.2, 0) is 44.8 Å². The molecule has 1 rings (SSSR count). The molecule has 0 spiro atoms. The van der Waals surface area contributed by atoms with E-state index >= 15 is 0 Å². The lowest BCUT2D eigenvalue weighted by atomic mass is 9.99. The molecule has 0 bridgehead atoms. The summed E-state index contributed by atoms with van der Waals surface area (Å²) in [5.74, 6) is -4.67. The lowest BCUT2D eigenvalue weighted by Gasteiger charge is -2.22. The Kier molecular flexibility index (Phi) is 15.1. The number of rotatable bonds is 17. The molecule has 14 heteroatoms. The van der Waals surface area contributed by atoms with Gasteiger partial charge in [0, 0.05) is 18.7 Å². The van der Waals surface area contributed by atoms with Crippen LogP contribution in [0.1, 0.15) is 52.9 Å². The maximum Gasteiger partial charge on any atom is 0.330 e. The number of hydrogen-bond acceptors (Lipinski definition) is 9. The second-order valence-corrected chi connectivity index (χ2v) is 9.04. The molecule has 4 N–H and O–H groups in total. The molecule has 0 fully saturated rings. The van der Waals surface area contributed by atoms with Gasteiger partial charge in [0.05, 0.1) is 20.1 Å². The lowest BCUT2D eigenvalue weighted by molar-refractivity contribution is -0.146. The fourth-order valence-electron chi connectivity index (χ4n) is 3.53. The van der Waals surface area contributed by atoms with E-state index in [0.717, 1.165) is 4.57 Å². The molecule has 0 aliphatic heterocycles. The van der Waals surface area contributed by atoms with Crippen LogP contribution in [0.15, 0.2) is 35.3 Å². The van der Waals surface area contributed by atoms with Crippen molar-refractivity contribution in [2.75, 3.05) is 19.0 Å². The zero-order valence-corrected chi connectivity index (χ0v) is 23.6. The first-order valence-electron chi connectivity index (χ1n) is 13.1. The van der Waals surface area contributed by atoms with Gasteiger partial charge in [-0.05, 0) is 37.8 Å². The summed E-state index contributed by atoms with van der Waals surface area (Å²) in [6.07, 6.45) is 3.94. The van der Waals surface area contributed by atoms with Crippen LogP contribution in [0.3, 0.4) is 0 Å². The number of anilines is 1. The Morgan fingerprint density at radius 3 is 2.39 bits per heavy atom. The molecule has 3 unspecified atom stereocenters. The lowest BCUT2D eigenvalue weighted by Crippen LogP contribution is -2.47. The van der Waals surface area contributed by atoms with Gasteiger partial charge in [0.1, 0.15) is 24.3 Å². The zero-order valence-electron chi connectivity index (χ0n) is 23.6. The highest BCUT2D eigenvalue weighted by atomic mass is 16.5. The Labute approximate surface area is 237 Å². The standard InChI is InChI=1S/C27H38N4O10/c1-5-17(3)24(27(39)40-4)30-21(33)16-31-15-9-11-19(26(31)38)29-25(37)18(28-20(32)13-14-22(34)35)10-7-8-12-23(36)41-6-2/h8-9,11-12,15,17-18,24H,5-7,10,13-14,16H2,1-4H3,(H,28,32)(H,29,37)(H,30,33)(H,34,35). The van der Waals surface area contributed by atoms with Crippen LogP contribution in [-0.4, -0.2) is 71.1 Å². The highest BCUT2D eigenvalue weighted by Crippen LogP contribution is 2.10. The number of allylic oxidation sites excluding steroid dienone is 1. The minimum Gasteiger partial charge on any atom is -0.481 e. The second-order valence-electron chi connectivity index (χ2n) is 9.04. The molecule has 41 heavy (non-hydrogen) atoms. The Morgan fingerprint density at radius 1 is 1.07 bits per heavy atom. The van der Waals surface area contributed by atoms with Crippen LogP contribution in [0.4, 0.5) is 5.69 Å². The van der Waals surface area contributed by atoms with Crippen LogP contribution in [0.25, 0.3) is 0 Å². The van der Waals surface area contributed by atoms with E-state index in [1.54, 1.807) is 13.8 Å². The number of aliphatic carboxylic acids is 1. The minimum atomic E-state index is -1.19. The van der Waals surface area contributed by atoms with Crippen molar-refractivity contribution in [3.63, 3.8) is 0 Å². The van der Waals surface area contributed by atoms with E-state index in [1.165, 1.54) is 37.6 Å². The van der Waals surface area contributed by atoms with Gasteiger partial charge in [-0.3, -0.25) is 24.0 Å². The van der Waals surface area contributed by atoms with Gasteiger partial charge in [-0.1, -0.05) is 26.3 Å². The predicted molar refractivity (Wildman–Crippen MR) is 147 cm³/mol. The number of carbonyl (C=O) groups is 6. The number of hydrogen-bond donors (Lipinski definition) is 4. The molecule has 3 amide bonds. The van der Waals surface area contributed by atoms with Crippen LogP contribution in [0.5, 0.6) is 0 Å². The molecule has 0 saturated carbocycles. The van der Waals surface area contributed by atoms with Crippen LogP contribution >= 0.6 is 0 Å². The molecule has 14 nitrogen and oxygen atoms in total. The Hall–Kier alpha value is -4.49. The topological polar surface area (TPSA) is 199 Å². The van der Waals surface area contributed by atoms with Crippen molar-refractivity contribution >= 4 is 41.3 Å². The number of esters is 2. The number of ether oxygens (including phenoxy) is 2. The highest BCUT2D eigenvalue weighted by molar-refractivity contribution is 5.97. The molecular weight excluding hydrogens is 540 g/mol. The number of nitrogens with one attached hydrogen (secondary N) is 3. The number of amides is 3. The van der Waals surface area contributed by atoms with Crippen molar-refractivity contribution in [2.45, 2.75) is 71.5 Å². The second kappa shape index (κ2) is 18.0. The monoisotopic (exact) mass is 578 g/mol. The van der Waals surface area contributed by atoms with Gasteiger partial charge in [0.25, 0.3) is 5.56 Å². The molecule has 0 aromatic carbocycles. The van der Waals surface area contributed by atoms with Gasteiger partial charge >= 0.3 is 17.9 Å². The van der Waals surface area contributed by atoms with Crippen molar-refractivity contribution < 1.29 is 43.3 Å². The number of nitrogens with zero attached hydrogens (tertiary/aromatic N) is 1. The van der Waals surface area contributed by atoms with E-state index in [-0.39, 0.29) is 37.5 Å². The number of carboxylic acid groups (broad SMARTS) is 1. The highest BCUT2D eigenvalue weighted by Gasteiger charge is 2.27. The number of methoxy groups -OCH3 is 1. The quantitative estimate of drug-likeness (QED) is 0.151. The summed E-state index contributed by atoms with van der Waals surface area (Å²) in [4.78, 5) is 85.2. The van der Waals surface area contributed by atoms with Crippen molar-refractivity contribution in [2.24, 2.45) is 5.92 Å². The molecule has 1 heterocycles. The fraction of sp³-hybridized carbons (Fsp3) is 0.519. The van der Waals surface area contributed by atoms with Crippen molar-refractivity contribution in [1.29, 1.82) is 0 Å². The molecule has 0 radical (unpaired) electrons. The van der Waals surface area contributed by atoms with Crippen molar-refractivity contribution in [3.05, 3.63) is 40.8 Å². The third kappa shape index (κ3) is 12.5.